The lowest BCUT2D eigenvalue weighted by atomic mass is 10.1. The molecule has 1 aliphatic heterocycles. The van der Waals surface area contributed by atoms with Gasteiger partial charge in [0.2, 0.25) is 0 Å². The predicted octanol–water partition coefficient (Wildman–Crippen LogP) is 4.57. The van der Waals surface area contributed by atoms with Crippen LogP contribution in [-0.4, -0.2) is 58.5 Å². The Balaban J connectivity index is 1.36. The van der Waals surface area contributed by atoms with Gasteiger partial charge in [-0.15, -0.1) is 11.3 Å². The molecule has 186 valence electrons. The van der Waals surface area contributed by atoms with E-state index in [1.165, 1.54) is 0 Å². The van der Waals surface area contributed by atoms with Crippen molar-refractivity contribution in [3.05, 3.63) is 41.5 Å². The number of thiazole rings is 1. The van der Waals surface area contributed by atoms with E-state index < -0.39 is 0 Å². The van der Waals surface area contributed by atoms with Crippen molar-refractivity contribution in [1.82, 2.24) is 25.5 Å². The first-order valence-corrected chi connectivity index (χ1v) is 13.0. The van der Waals surface area contributed by atoms with Gasteiger partial charge < -0.3 is 26.2 Å². The SMILES string of the molecule is CC(C)Nc1cc(Nc2ccc3ncsc3c2)ncc1C(=O)NCC[C@@H](C)NC(=O)N1CCCC1. The van der Waals surface area contributed by atoms with E-state index in [0.29, 0.717) is 30.0 Å². The Morgan fingerprint density at radius 1 is 1.11 bits per heavy atom. The maximum absolute atomic E-state index is 12.9. The third-order valence-electron chi connectivity index (χ3n) is 5.82. The van der Waals surface area contributed by atoms with Crippen LogP contribution in [0.1, 0.15) is 50.4 Å². The van der Waals surface area contributed by atoms with Crippen LogP contribution in [0.2, 0.25) is 0 Å². The molecule has 4 rings (SSSR count). The maximum atomic E-state index is 12.9. The van der Waals surface area contributed by atoms with Gasteiger partial charge in [0.25, 0.3) is 5.91 Å². The van der Waals surface area contributed by atoms with Gasteiger partial charge in [0, 0.05) is 49.7 Å². The summed E-state index contributed by atoms with van der Waals surface area (Å²) in [6.45, 7) is 8.10. The number of hydrogen-bond donors (Lipinski definition) is 4. The lowest BCUT2D eigenvalue weighted by molar-refractivity contribution is 0.0953. The molecule has 35 heavy (non-hydrogen) atoms. The molecule has 3 heterocycles. The maximum Gasteiger partial charge on any atom is 0.317 e. The average molecular weight is 496 g/mol. The van der Waals surface area contributed by atoms with Gasteiger partial charge in [-0.3, -0.25) is 4.79 Å². The molecule has 2 aromatic heterocycles. The molecule has 1 aromatic carbocycles. The third-order valence-corrected chi connectivity index (χ3v) is 6.61. The zero-order chi connectivity index (χ0) is 24.8. The number of benzene rings is 1. The highest BCUT2D eigenvalue weighted by atomic mass is 32.1. The molecule has 4 N–H and O–H groups in total. The molecule has 0 spiro atoms. The fraction of sp³-hybridized carbons (Fsp3) is 0.440. The van der Waals surface area contributed by atoms with Crippen molar-refractivity contribution in [2.75, 3.05) is 30.3 Å². The minimum Gasteiger partial charge on any atom is -0.382 e. The molecule has 1 aliphatic rings. The lowest BCUT2D eigenvalue weighted by Gasteiger charge is -2.21. The molecule has 0 bridgehead atoms. The first-order valence-electron chi connectivity index (χ1n) is 12.1. The van der Waals surface area contributed by atoms with Crippen molar-refractivity contribution in [2.45, 2.75) is 52.1 Å². The van der Waals surface area contributed by atoms with Crippen LogP contribution in [0, 0.1) is 0 Å². The van der Waals surface area contributed by atoms with Crippen LogP contribution in [0.4, 0.5) is 22.0 Å². The van der Waals surface area contributed by atoms with E-state index in [0.717, 1.165) is 41.8 Å². The van der Waals surface area contributed by atoms with E-state index in [9.17, 15) is 9.59 Å². The van der Waals surface area contributed by atoms with Crippen molar-refractivity contribution >= 4 is 50.7 Å². The number of carbonyl (C=O) groups excluding carboxylic acids is 2. The van der Waals surface area contributed by atoms with Crippen LogP contribution in [-0.2, 0) is 0 Å². The minimum absolute atomic E-state index is 0.0217. The molecule has 10 heteroatoms. The van der Waals surface area contributed by atoms with Crippen LogP contribution in [0.5, 0.6) is 0 Å². The van der Waals surface area contributed by atoms with Crippen LogP contribution >= 0.6 is 11.3 Å². The Hall–Kier alpha value is -3.40. The number of nitrogens with one attached hydrogen (secondary N) is 4. The van der Waals surface area contributed by atoms with Crippen molar-refractivity contribution in [3.8, 4) is 0 Å². The molecular weight excluding hydrogens is 462 g/mol. The summed E-state index contributed by atoms with van der Waals surface area (Å²) in [5, 5.41) is 12.6. The lowest BCUT2D eigenvalue weighted by Crippen LogP contribution is -2.43. The molecule has 0 unspecified atom stereocenters. The number of aromatic nitrogens is 2. The summed E-state index contributed by atoms with van der Waals surface area (Å²) in [6.07, 6.45) is 4.36. The number of nitrogens with zero attached hydrogens (tertiary/aromatic N) is 3. The second-order valence-electron chi connectivity index (χ2n) is 9.16. The number of hydrogen-bond acceptors (Lipinski definition) is 7. The molecule has 3 amide bonds. The van der Waals surface area contributed by atoms with Crippen LogP contribution in [0.25, 0.3) is 10.2 Å². The number of anilines is 3. The van der Waals surface area contributed by atoms with Gasteiger partial charge in [-0.05, 0) is 58.2 Å². The van der Waals surface area contributed by atoms with Crippen molar-refractivity contribution < 1.29 is 9.59 Å². The zero-order valence-corrected chi connectivity index (χ0v) is 21.2. The molecule has 3 aromatic rings. The molecule has 1 saturated heterocycles. The Labute approximate surface area is 209 Å². The first-order chi connectivity index (χ1) is 16.9. The van der Waals surface area contributed by atoms with Gasteiger partial charge in [-0.2, -0.15) is 0 Å². The molecular formula is C25H33N7O2S. The van der Waals surface area contributed by atoms with Crippen LogP contribution < -0.4 is 21.3 Å². The first kappa shape index (κ1) is 24.7. The summed E-state index contributed by atoms with van der Waals surface area (Å²) in [6, 6.07) is 7.91. The summed E-state index contributed by atoms with van der Waals surface area (Å²) in [5.74, 6) is 0.447. The predicted molar refractivity (Wildman–Crippen MR) is 142 cm³/mol. The zero-order valence-electron chi connectivity index (χ0n) is 20.4. The average Bonchev–Trinajstić information content (AvgIpc) is 3.51. The van der Waals surface area contributed by atoms with Gasteiger partial charge in [-0.1, -0.05) is 0 Å². The number of urea groups is 1. The summed E-state index contributed by atoms with van der Waals surface area (Å²) < 4.78 is 1.09. The summed E-state index contributed by atoms with van der Waals surface area (Å²) in [7, 11) is 0. The molecule has 0 radical (unpaired) electrons. The topological polar surface area (TPSA) is 111 Å². The number of fused-ring (bicyclic) bond motifs is 1. The monoisotopic (exact) mass is 495 g/mol. The highest BCUT2D eigenvalue weighted by Crippen LogP contribution is 2.26. The van der Waals surface area contributed by atoms with E-state index in [4.69, 9.17) is 0 Å². The van der Waals surface area contributed by atoms with Crippen LogP contribution in [0.3, 0.4) is 0 Å². The summed E-state index contributed by atoms with van der Waals surface area (Å²) in [4.78, 5) is 35.8. The van der Waals surface area contributed by atoms with Gasteiger partial charge >= 0.3 is 6.03 Å². The highest BCUT2D eigenvalue weighted by Gasteiger charge is 2.19. The number of amides is 3. The van der Waals surface area contributed by atoms with Gasteiger partial charge in [0.15, 0.2) is 0 Å². The Morgan fingerprint density at radius 2 is 1.91 bits per heavy atom. The van der Waals surface area contributed by atoms with E-state index in [2.05, 4.69) is 31.2 Å². The highest BCUT2D eigenvalue weighted by molar-refractivity contribution is 7.16. The normalized spacial score (nSPS) is 14.2. The van der Waals surface area contributed by atoms with E-state index in [1.54, 1.807) is 17.5 Å². The Bertz CT molecular complexity index is 1170. The molecule has 1 fully saturated rings. The third kappa shape index (κ3) is 6.60. The standard InChI is InChI=1S/C25H33N7O2S/c1-16(2)29-21-13-23(31-18-6-7-20-22(12-18)35-15-28-20)27-14-19(21)24(33)26-9-8-17(3)30-25(34)32-10-4-5-11-32/h6-7,12-17H,4-5,8-11H2,1-3H3,(H,26,33)(H,30,34)(H2,27,29,31)/t17-/m1/s1. The number of carbonyl (C=O) groups is 2. The molecule has 0 saturated carbocycles. The number of rotatable bonds is 9. The number of pyridine rings is 1. The second kappa shape index (κ2) is 11.4. The number of likely N-dealkylation sites (tertiary alicyclic amines) is 1. The van der Waals surface area contributed by atoms with E-state index in [1.807, 2.05) is 55.4 Å². The Kier molecular flexibility index (Phi) is 8.02. The molecule has 9 nitrogen and oxygen atoms in total. The Morgan fingerprint density at radius 3 is 2.69 bits per heavy atom. The van der Waals surface area contributed by atoms with Gasteiger partial charge in [0.05, 0.1) is 27.0 Å². The second-order valence-corrected chi connectivity index (χ2v) is 10.0. The molecule has 0 aliphatic carbocycles. The van der Waals surface area contributed by atoms with Gasteiger partial charge in [0.1, 0.15) is 5.82 Å². The smallest absolute Gasteiger partial charge is 0.317 e. The van der Waals surface area contributed by atoms with Crippen LogP contribution in [0.15, 0.2) is 36.0 Å². The largest absolute Gasteiger partial charge is 0.382 e. The van der Waals surface area contributed by atoms with Gasteiger partial charge in [-0.25, -0.2) is 14.8 Å². The fourth-order valence-electron chi connectivity index (χ4n) is 4.01. The fourth-order valence-corrected chi connectivity index (χ4v) is 4.72. The van der Waals surface area contributed by atoms with Crippen molar-refractivity contribution in [2.24, 2.45) is 0 Å². The summed E-state index contributed by atoms with van der Waals surface area (Å²) >= 11 is 1.59. The molecule has 1 atom stereocenters. The van der Waals surface area contributed by atoms with Crippen molar-refractivity contribution in [3.63, 3.8) is 0 Å². The van der Waals surface area contributed by atoms with E-state index >= 15 is 0 Å². The van der Waals surface area contributed by atoms with E-state index in [-0.39, 0.29) is 24.0 Å². The summed E-state index contributed by atoms with van der Waals surface area (Å²) in [5.41, 5.74) is 4.90. The van der Waals surface area contributed by atoms with Crippen molar-refractivity contribution in [1.29, 1.82) is 0 Å². The minimum atomic E-state index is -0.198. The quantitative estimate of drug-likeness (QED) is 0.346.